The molecule has 120 valence electrons. The van der Waals surface area contributed by atoms with Crippen LogP contribution in [-0.4, -0.2) is 26.8 Å². The third-order valence-corrected chi connectivity index (χ3v) is 3.85. The lowest BCUT2D eigenvalue weighted by atomic mass is 9.92. The number of hydrogen-bond donors (Lipinski definition) is 1. The molecule has 0 aliphatic heterocycles. The Bertz CT molecular complexity index is 370. The van der Waals surface area contributed by atoms with Gasteiger partial charge in [-0.2, -0.15) is 0 Å². The minimum atomic E-state index is -0.139. The quantitative estimate of drug-likeness (QED) is 0.573. The van der Waals surface area contributed by atoms with Crippen LogP contribution in [0.2, 0.25) is 0 Å². The standard InChI is InChI=1S/C18H30FNO/c1-3-4-5-6-7-9-17(15-20-12-13-21-2)16-10-8-11-18(19)14-16/h8,10-11,14,17,20H,3-7,9,12-13,15H2,1-2H3. The first-order chi connectivity index (χ1) is 10.3. The highest BCUT2D eigenvalue weighted by Crippen LogP contribution is 2.23. The summed E-state index contributed by atoms with van der Waals surface area (Å²) in [6, 6.07) is 7.04. The van der Waals surface area contributed by atoms with Gasteiger partial charge in [0.05, 0.1) is 6.61 Å². The van der Waals surface area contributed by atoms with Crippen LogP contribution in [0.5, 0.6) is 0 Å². The highest BCUT2D eigenvalue weighted by molar-refractivity contribution is 5.21. The Balaban J connectivity index is 2.45. The molecule has 0 amide bonds. The molecule has 0 aliphatic carbocycles. The van der Waals surface area contributed by atoms with Crippen LogP contribution in [0.25, 0.3) is 0 Å². The molecule has 21 heavy (non-hydrogen) atoms. The lowest BCUT2D eigenvalue weighted by Gasteiger charge is -2.18. The minimum Gasteiger partial charge on any atom is -0.383 e. The Morgan fingerprint density at radius 2 is 2.00 bits per heavy atom. The summed E-state index contributed by atoms with van der Waals surface area (Å²) in [4.78, 5) is 0. The summed E-state index contributed by atoms with van der Waals surface area (Å²) < 4.78 is 18.5. The molecule has 0 heterocycles. The number of benzene rings is 1. The van der Waals surface area contributed by atoms with Gasteiger partial charge in [0, 0.05) is 20.2 Å². The van der Waals surface area contributed by atoms with Crippen molar-refractivity contribution >= 4 is 0 Å². The maximum Gasteiger partial charge on any atom is 0.123 e. The van der Waals surface area contributed by atoms with Crippen LogP contribution in [0.1, 0.15) is 56.9 Å². The van der Waals surface area contributed by atoms with Crippen molar-refractivity contribution in [2.75, 3.05) is 26.8 Å². The van der Waals surface area contributed by atoms with Crippen LogP contribution in [0, 0.1) is 5.82 Å². The van der Waals surface area contributed by atoms with Crippen molar-refractivity contribution in [2.24, 2.45) is 0 Å². The Morgan fingerprint density at radius 1 is 1.19 bits per heavy atom. The van der Waals surface area contributed by atoms with Gasteiger partial charge in [-0.1, -0.05) is 51.2 Å². The molecule has 1 atom stereocenters. The van der Waals surface area contributed by atoms with E-state index in [0.29, 0.717) is 12.5 Å². The fourth-order valence-corrected chi connectivity index (χ4v) is 2.59. The Labute approximate surface area is 129 Å². The first-order valence-corrected chi connectivity index (χ1v) is 8.23. The van der Waals surface area contributed by atoms with E-state index in [2.05, 4.69) is 12.2 Å². The lowest BCUT2D eigenvalue weighted by Crippen LogP contribution is -2.25. The molecule has 1 N–H and O–H groups in total. The van der Waals surface area contributed by atoms with Gasteiger partial charge in [-0.15, -0.1) is 0 Å². The van der Waals surface area contributed by atoms with Crippen molar-refractivity contribution in [1.82, 2.24) is 5.32 Å². The van der Waals surface area contributed by atoms with E-state index in [1.54, 1.807) is 13.2 Å². The van der Waals surface area contributed by atoms with E-state index in [9.17, 15) is 4.39 Å². The van der Waals surface area contributed by atoms with Gasteiger partial charge in [-0.3, -0.25) is 0 Å². The molecular formula is C18H30FNO. The normalized spacial score (nSPS) is 12.5. The minimum absolute atomic E-state index is 0.139. The summed E-state index contributed by atoms with van der Waals surface area (Å²) in [7, 11) is 1.71. The van der Waals surface area contributed by atoms with E-state index in [0.717, 1.165) is 25.1 Å². The topological polar surface area (TPSA) is 21.3 Å². The largest absolute Gasteiger partial charge is 0.383 e. The van der Waals surface area contributed by atoms with Gasteiger partial charge in [0.1, 0.15) is 5.82 Å². The van der Waals surface area contributed by atoms with Gasteiger partial charge in [0.25, 0.3) is 0 Å². The Hall–Kier alpha value is -0.930. The smallest absolute Gasteiger partial charge is 0.123 e. The first kappa shape index (κ1) is 18.1. The maximum absolute atomic E-state index is 13.4. The molecule has 0 radical (unpaired) electrons. The number of nitrogens with one attached hydrogen (secondary N) is 1. The zero-order valence-corrected chi connectivity index (χ0v) is 13.5. The van der Waals surface area contributed by atoms with Crippen molar-refractivity contribution in [1.29, 1.82) is 0 Å². The van der Waals surface area contributed by atoms with E-state index in [4.69, 9.17) is 4.74 Å². The van der Waals surface area contributed by atoms with Crippen LogP contribution in [0.15, 0.2) is 24.3 Å². The molecular weight excluding hydrogens is 265 g/mol. The van der Waals surface area contributed by atoms with Gasteiger partial charge in [-0.25, -0.2) is 4.39 Å². The molecule has 0 saturated carbocycles. The highest BCUT2D eigenvalue weighted by atomic mass is 19.1. The molecule has 2 nitrogen and oxygen atoms in total. The van der Waals surface area contributed by atoms with Gasteiger partial charge >= 0.3 is 0 Å². The molecule has 0 fully saturated rings. The summed E-state index contributed by atoms with van der Waals surface area (Å²) in [5, 5.41) is 3.41. The fourth-order valence-electron chi connectivity index (χ4n) is 2.59. The summed E-state index contributed by atoms with van der Waals surface area (Å²) in [6.07, 6.45) is 7.50. The number of methoxy groups -OCH3 is 1. The highest BCUT2D eigenvalue weighted by Gasteiger charge is 2.11. The van der Waals surface area contributed by atoms with Crippen molar-refractivity contribution in [3.05, 3.63) is 35.6 Å². The molecule has 0 bridgehead atoms. The monoisotopic (exact) mass is 295 g/mol. The summed E-state index contributed by atoms with van der Waals surface area (Å²) in [6.45, 7) is 4.68. The zero-order chi connectivity index (χ0) is 15.3. The van der Waals surface area contributed by atoms with E-state index in [-0.39, 0.29) is 5.82 Å². The van der Waals surface area contributed by atoms with Crippen molar-refractivity contribution < 1.29 is 9.13 Å². The zero-order valence-electron chi connectivity index (χ0n) is 13.5. The third-order valence-electron chi connectivity index (χ3n) is 3.85. The number of hydrogen-bond acceptors (Lipinski definition) is 2. The lowest BCUT2D eigenvalue weighted by molar-refractivity contribution is 0.198. The van der Waals surface area contributed by atoms with Crippen LogP contribution in [0.3, 0.4) is 0 Å². The van der Waals surface area contributed by atoms with Gasteiger partial charge in [0.15, 0.2) is 0 Å². The number of ether oxygens (including phenoxy) is 1. The average molecular weight is 295 g/mol. The van der Waals surface area contributed by atoms with E-state index in [1.165, 1.54) is 38.2 Å². The molecule has 1 rings (SSSR count). The molecule has 3 heteroatoms. The van der Waals surface area contributed by atoms with Crippen LogP contribution >= 0.6 is 0 Å². The summed E-state index contributed by atoms with van der Waals surface area (Å²) in [5.41, 5.74) is 1.11. The molecule has 0 spiro atoms. The Kier molecular flexibility index (Phi) is 10.1. The van der Waals surface area contributed by atoms with Crippen molar-refractivity contribution in [3.8, 4) is 0 Å². The molecule has 1 aromatic rings. The second-order valence-electron chi connectivity index (χ2n) is 5.65. The van der Waals surface area contributed by atoms with Crippen molar-refractivity contribution in [3.63, 3.8) is 0 Å². The molecule has 1 unspecified atom stereocenters. The SMILES string of the molecule is CCCCCCCC(CNCCOC)c1cccc(F)c1. The fraction of sp³-hybridized carbons (Fsp3) is 0.667. The van der Waals surface area contributed by atoms with E-state index < -0.39 is 0 Å². The third kappa shape index (κ3) is 8.18. The Morgan fingerprint density at radius 3 is 2.71 bits per heavy atom. The predicted molar refractivity (Wildman–Crippen MR) is 87.3 cm³/mol. The maximum atomic E-state index is 13.4. The van der Waals surface area contributed by atoms with Crippen LogP contribution in [0.4, 0.5) is 4.39 Å². The molecule has 0 aliphatic rings. The second kappa shape index (κ2) is 11.7. The second-order valence-corrected chi connectivity index (χ2v) is 5.65. The summed E-state index contributed by atoms with van der Waals surface area (Å²) >= 11 is 0. The van der Waals surface area contributed by atoms with Crippen molar-refractivity contribution in [2.45, 2.75) is 51.4 Å². The number of unbranched alkanes of at least 4 members (excludes halogenated alkanes) is 4. The molecule has 1 aromatic carbocycles. The van der Waals surface area contributed by atoms with Gasteiger partial charge in [0.2, 0.25) is 0 Å². The average Bonchev–Trinajstić information content (AvgIpc) is 2.49. The van der Waals surface area contributed by atoms with Crippen LogP contribution in [-0.2, 0) is 4.74 Å². The van der Waals surface area contributed by atoms with Gasteiger partial charge in [-0.05, 0) is 30.0 Å². The van der Waals surface area contributed by atoms with E-state index in [1.807, 2.05) is 12.1 Å². The summed E-state index contributed by atoms with van der Waals surface area (Å²) in [5.74, 6) is 0.250. The number of halogens is 1. The molecule has 0 aromatic heterocycles. The first-order valence-electron chi connectivity index (χ1n) is 8.23. The van der Waals surface area contributed by atoms with Gasteiger partial charge < -0.3 is 10.1 Å². The molecule has 0 saturated heterocycles. The number of rotatable bonds is 12. The van der Waals surface area contributed by atoms with Crippen LogP contribution < -0.4 is 5.32 Å². The predicted octanol–water partition coefficient (Wildman–Crippen LogP) is 4.51. The van der Waals surface area contributed by atoms with E-state index >= 15 is 0 Å².